The fraction of sp³-hybridized carbons (Fsp3) is 0.481. The van der Waals surface area contributed by atoms with Crippen LogP contribution >= 0.6 is 23.4 Å². The minimum atomic E-state index is -4.24. The minimum absolute atomic E-state index is 0.0968. The van der Waals surface area contributed by atoms with Crippen LogP contribution in [-0.2, 0) is 11.3 Å². The molecule has 14 heteroatoms. The third-order valence-corrected chi connectivity index (χ3v) is 8.39. The van der Waals surface area contributed by atoms with Crippen molar-refractivity contribution in [2.24, 2.45) is 0 Å². The highest BCUT2D eigenvalue weighted by Crippen LogP contribution is 2.32. The van der Waals surface area contributed by atoms with Crippen LogP contribution in [0.15, 0.2) is 30.3 Å². The van der Waals surface area contributed by atoms with E-state index >= 15 is 0 Å². The number of hydrogen-bond acceptors (Lipinski definition) is 6. The molecule has 0 saturated carbocycles. The Kier molecular flexibility index (Phi) is 10.4. The predicted octanol–water partition coefficient (Wildman–Crippen LogP) is 4.65. The van der Waals surface area contributed by atoms with Crippen LogP contribution in [0.5, 0.6) is 0 Å². The fourth-order valence-corrected chi connectivity index (χ4v) is 5.92. The van der Waals surface area contributed by atoms with E-state index in [9.17, 15) is 31.5 Å². The van der Waals surface area contributed by atoms with Gasteiger partial charge in [-0.05, 0) is 31.2 Å². The lowest BCUT2D eigenvalue weighted by Gasteiger charge is -2.41. The maximum absolute atomic E-state index is 15.0. The van der Waals surface area contributed by atoms with Crippen LogP contribution in [0.1, 0.15) is 29.3 Å². The zero-order valence-electron chi connectivity index (χ0n) is 22.3. The lowest BCUT2D eigenvalue weighted by Crippen LogP contribution is -2.52. The number of hydrogen-bond donors (Lipinski definition) is 3. The average molecular weight is 620 g/mol. The van der Waals surface area contributed by atoms with Gasteiger partial charge in [0.15, 0.2) is 11.6 Å². The summed E-state index contributed by atoms with van der Waals surface area (Å²) in [4.78, 5) is 29.0. The van der Waals surface area contributed by atoms with Crippen LogP contribution < -0.4 is 20.9 Å². The maximum atomic E-state index is 15.0. The molecule has 2 aliphatic rings. The van der Waals surface area contributed by atoms with Gasteiger partial charge in [0.1, 0.15) is 0 Å². The topological polar surface area (TPSA) is 76.7 Å². The summed E-state index contributed by atoms with van der Waals surface area (Å²) in [7, 11) is 0. The Hall–Kier alpha value is -2.61. The summed E-state index contributed by atoms with van der Waals surface area (Å²) in [6, 6.07) is 6.46. The van der Waals surface area contributed by atoms with E-state index in [0.717, 1.165) is 11.8 Å². The van der Waals surface area contributed by atoms with Crippen LogP contribution in [0.4, 0.5) is 33.3 Å². The number of thioether (sulfide) groups is 1. The SMILES string of the molecule is C[C@@H]1CN(c2cc(Cl)ccc2NC(=O)c2ccc(CNC(=O)C3CSCCN3)c(F)c2F)CCN1CCC(F)(F)F. The zero-order chi connectivity index (χ0) is 29.7. The van der Waals surface area contributed by atoms with Gasteiger partial charge in [-0.3, -0.25) is 14.5 Å². The van der Waals surface area contributed by atoms with E-state index in [2.05, 4.69) is 16.0 Å². The lowest BCUT2D eigenvalue weighted by atomic mass is 10.1. The van der Waals surface area contributed by atoms with Gasteiger partial charge in [0, 0.05) is 67.4 Å². The van der Waals surface area contributed by atoms with Crippen LogP contribution in [0, 0.1) is 11.6 Å². The molecule has 3 N–H and O–H groups in total. The summed E-state index contributed by atoms with van der Waals surface area (Å²) < 4.78 is 67.9. The van der Waals surface area contributed by atoms with E-state index in [4.69, 9.17) is 11.6 Å². The number of anilines is 2. The Morgan fingerprint density at radius 1 is 1.15 bits per heavy atom. The molecule has 0 spiro atoms. The van der Waals surface area contributed by atoms with Gasteiger partial charge in [0.25, 0.3) is 5.91 Å². The zero-order valence-corrected chi connectivity index (χ0v) is 23.9. The first-order chi connectivity index (χ1) is 19.4. The number of piperazine rings is 1. The average Bonchev–Trinajstić information content (AvgIpc) is 2.93. The molecule has 2 atom stereocenters. The molecular weight excluding hydrogens is 589 g/mol. The first-order valence-corrected chi connectivity index (χ1v) is 14.7. The summed E-state index contributed by atoms with van der Waals surface area (Å²) in [6.07, 6.45) is -5.15. The molecule has 2 heterocycles. The van der Waals surface area contributed by atoms with Gasteiger partial charge in [-0.25, -0.2) is 8.78 Å². The van der Waals surface area contributed by atoms with Gasteiger partial charge in [-0.15, -0.1) is 0 Å². The van der Waals surface area contributed by atoms with E-state index < -0.39 is 41.7 Å². The largest absolute Gasteiger partial charge is 0.390 e. The second kappa shape index (κ2) is 13.6. The van der Waals surface area contributed by atoms with Gasteiger partial charge in [0.05, 0.1) is 29.4 Å². The molecule has 0 aromatic heterocycles. The molecule has 2 fully saturated rings. The number of halogens is 6. The summed E-state index contributed by atoms with van der Waals surface area (Å²) in [5, 5.41) is 8.65. The molecule has 0 radical (unpaired) electrons. The molecule has 2 saturated heterocycles. The fourth-order valence-electron chi connectivity index (χ4n) is 4.82. The highest BCUT2D eigenvalue weighted by atomic mass is 35.5. The van der Waals surface area contributed by atoms with Gasteiger partial charge in [-0.1, -0.05) is 17.7 Å². The van der Waals surface area contributed by atoms with Gasteiger partial charge < -0.3 is 20.9 Å². The van der Waals surface area contributed by atoms with E-state index in [0.29, 0.717) is 48.3 Å². The van der Waals surface area contributed by atoms with E-state index in [-0.39, 0.29) is 30.6 Å². The Bertz CT molecular complexity index is 1260. The molecule has 2 amide bonds. The number of nitrogens with one attached hydrogen (secondary N) is 3. The Morgan fingerprint density at radius 2 is 1.93 bits per heavy atom. The molecule has 2 aromatic carbocycles. The van der Waals surface area contributed by atoms with E-state index in [1.165, 1.54) is 18.2 Å². The van der Waals surface area contributed by atoms with Crippen molar-refractivity contribution in [3.05, 3.63) is 58.1 Å². The van der Waals surface area contributed by atoms with Crippen molar-refractivity contribution in [2.75, 3.05) is 54.4 Å². The van der Waals surface area contributed by atoms with Crippen molar-refractivity contribution in [3.63, 3.8) is 0 Å². The molecule has 0 bridgehead atoms. The quantitative estimate of drug-likeness (QED) is 0.374. The van der Waals surface area contributed by atoms with Crippen molar-refractivity contribution in [1.82, 2.24) is 15.5 Å². The van der Waals surface area contributed by atoms with Crippen molar-refractivity contribution in [2.45, 2.75) is 38.1 Å². The van der Waals surface area contributed by atoms with Gasteiger partial charge in [-0.2, -0.15) is 24.9 Å². The summed E-state index contributed by atoms with van der Waals surface area (Å²) >= 11 is 7.83. The molecule has 7 nitrogen and oxygen atoms in total. The molecule has 2 aromatic rings. The number of nitrogens with zero attached hydrogens (tertiary/aromatic N) is 2. The predicted molar refractivity (Wildman–Crippen MR) is 151 cm³/mol. The monoisotopic (exact) mass is 619 g/mol. The standard InChI is InChI=1S/C27H31ClF5N5O2S/c1-16-14-38(10-9-37(16)8-6-27(31,32)33)22-12-18(28)3-5-20(22)36-25(39)19-4-2-17(23(29)24(19)30)13-35-26(40)21-15-41-11-7-34-21/h2-5,12,16,21,34H,6-11,13-15H2,1H3,(H,35,40)(H,36,39)/t16-,21?/m1/s1. The minimum Gasteiger partial charge on any atom is -0.367 e. The number of amides is 2. The highest BCUT2D eigenvalue weighted by molar-refractivity contribution is 7.99. The molecule has 224 valence electrons. The van der Waals surface area contributed by atoms with E-state index in [1.807, 2.05) is 11.8 Å². The molecular formula is C27H31ClF5N5O2S. The Balaban J connectivity index is 1.43. The van der Waals surface area contributed by atoms with Crippen molar-refractivity contribution < 1.29 is 31.5 Å². The lowest BCUT2D eigenvalue weighted by molar-refractivity contribution is -0.139. The van der Waals surface area contributed by atoms with Crippen LogP contribution in [0.3, 0.4) is 0 Å². The van der Waals surface area contributed by atoms with Gasteiger partial charge in [0.2, 0.25) is 5.91 Å². The normalized spacial score (nSPS) is 20.1. The smallest absolute Gasteiger partial charge is 0.367 e. The molecule has 4 rings (SSSR count). The number of benzene rings is 2. The summed E-state index contributed by atoms with van der Waals surface area (Å²) in [5.41, 5.74) is 0.196. The third kappa shape index (κ3) is 8.24. The number of rotatable bonds is 8. The van der Waals surface area contributed by atoms with Crippen molar-refractivity contribution >= 4 is 46.6 Å². The molecule has 1 unspecified atom stereocenters. The maximum Gasteiger partial charge on any atom is 0.390 e. The van der Waals surface area contributed by atoms with Crippen molar-refractivity contribution in [3.8, 4) is 0 Å². The Labute approximate surface area is 244 Å². The van der Waals surface area contributed by atoms with Crippen LogP contribution in [-0.4, -0.2) is 79.2 Å². The van der Waals surface area contributed by atoms with E-state index in [1.54, 1.807) is 22.7 Å². The second-order valence-corrected chi connectivity index (χ2v) is 11.6. The summed E-state index contributed by atoms with van der Waals surface area (Å²) in [6.45, 7) is 3.27. The second-order valence-electron chi connectivity index (χ2n) is 10.0. The molecule has 41 heavy (non-hydrogen) atoms. The highest BCUT2D eigenvalue weighted by Gasteiger charge is 2.32. The third-order valence-electron chi connectivity index (χ3n) is 7.09. The molecule has 0 aliphatic carbocycles. The Morgan fingerprint density at radius 3 is 2.61 bits per heavy atom. The first-order valence-electron chi connectivity index (χ1n) is 13.2. The summed E-state index contributed by atoms with van der Waals surface area (Å²) in [5.74, 6) is -2.30. The number of carbonyl (C=O) groups is 2. The van der Waals surface area contributed by atoms with Crippen molar-refractivity contribution in [1.29, 1.82) is 0 Å². The van der Waals surface area contributed by atoms with Crippen LogP contribution in [0.2, 0.25) is 5.02 Å². The first kappa shape index (κ1) is 31.3. The van der Waals surface area contributed by atoms with Crippen LogP contribution in [0.25, 0.3) is 0 Å². The van der Waals surface area contributed by atoms with Gasteiger partial charge >= 0.3 is 6.18 Å². The number of alkyl halides is 3. The molecule has 2 aliphatic heterocycles. The number of carbonyl (C=O) groups excluding carboxylic acids is 2.